The van der Waals surface area contributed by atoms with Gasteiger partial charge >= 0.3 is 12.4 Å². The van der Waals surface area contributed by atoms with Gasteiger partial charge < -0.3 is 5.32 Å². The van der Waals surface area contributed by atoms with Crippen molar-refractivity contribution in [1.82, 2.24) is 10.3 Å². The molecule has 3 nitrogen and oxygen atoms in total. The Bertz CT molecular complexity index is 424. The molecule has 0 aliphatic rings. The van der Waals surface area contributed by atoms with Crippen molar-refractivity contribution in [3.8, 4) is 0 Å². The first-order chi connectivity index (χ1) is 8.09. The van der Waals surface area contributed by atoms with Crippen molar-refractivity contribution in [2.45, 2.75) is 12.4 Å². The van der Waals surface area contributed by atoms with Crippen molar-refractivity contribution in [2.75, 3.05) is 13.1 Å². The van der Waals surface area contributed by atoms with Gasteiger partial charge in [0.05, 0.1) is 18.0 Å². The maximum atomic E-state index is 12.1. The minimum Gasteiger partial charge on any atom is -0.302 e. The normalized spacial score (nSPS) is 12.8. The van der Waals surface area contributed by atoms with Gasteiger partial charge in [0.15, 0.2) is 10.8 Å². The predicted octanol–water partition coefficient (Wildman–Crippen LogP) is 2.50. The van der Waals surface area contributed by atoms with Crippen molar-refractivity contribution < 1.29 is 31.1 Å². The monoisotopic (exact) mass is 292 g/mol. The Morgan fingerprint density at radius 1 is 1.28 bits per heavy atom. The zero-order chi connectivity index (χ0) is 14.0. The lowest BCUT2D eigenvalue weighted by molar-refractivity contribution is -0.137. The van der Waals surface area contributed by atoms with Crippen LogP contribution in [0.5, 0.6) is 0 Å². The Hall–Kier alpha value is -1.16. The van der Waals surface area contributed by atoms with Gasteiger partial charge in [0.1, 0.15) is 0 Å². The summed E-state index contributed by atoms with van der Waals surface area (Å²) in [5.41, 5.74) is 0. The maximum absolute atomic E-state index is 12.1. The van der Waals surface area contributed by atoms with Gasteiger partial charge in [0.25, 0.3) is 0 Å². The molecule has 0 aliphatic carbocycles. The summed E-state index contributed by atoms with van der Waals surface area (Å²) >= 11 is 0.0990. The van der Waals surface area contributed by atoms with Crippen LogP contribution in [0.25, 0.3) is 0 Å². The summed E-state index contributed by atoms with van der Waals surface area (Å²) in [6, 6.07) is 0. The standard InChI is InChI=1S/C8H6F6N2OS/c9-7(10,11)3-15-1-4(17)5-2-16-6(18-5)8(12,13)14/h2,15H,1,3H2. The fourth-order valence-corrected chi connectivity index (χ4v) is 1.66. The van der Waals surface area contributed by atoms with Crippen molar-refractivity contribution in [1.29, 1.82) is 0 Å². The summed E-state index contributed by atoms with van der Waals surface area (Å²) in [5.74, 6) is -0.868. The molecule has 0 saturated carbocycles. The van der Waals surface area contributed by atoms with Crippen molar-refractivity contribution in [2.24, 2.45) is 0 Å². The first-order valence-electron chi connectivity index (χ1n) is 4.43. The third-order valence-corrected chi connectivity index (χ3v) is 2.72. The lowest BCUT2D eigenvalue weighted by Gasteiger charge is -2.06. The lowest BCUT2D eigenvalue weighted by Crippen LogP contribution is -2.32. The molecule has 0 radical (unpaired) electrons. The second-order valence-corrected chi connectivity index (χ2v) is 4.20. The van der Waals surface area contributed by atoms with Crippen LogP contribution in [-0.2, 0) is 6.18 Å². The van der Waals surface area contributed by atoms with Crippen LogP contribution in [0.15, 0.2) is 6.20 Å². The molecule has 1 heterocycles. The molecule has 0 aliphatic heterocycles. The smallest absolute Gasteiger partial charge is 0.302 e. The molecule has 0 atom stereocenters. The molecule has 0 amide bonds. The third-order valence-electron chi connectivity index (χ3n) is 1.63. The zero-order valence-electron chi connectivity index (χ0n) is 8.52. The Morgan fingerprint density at radius 3 is 2.33 bits per heavy atom. The molecule has 0 aromatic carbocycles. The van der Waals surface area contributed by atoms with Gasteiger partial charge in [0, 0.05) is 6.20 Å². The highest BCUT2D eigenvalue weighted by atomic mass is 32.1. The molecule has 1 aromatic heterocycles. The Morgan fingerprint density at radius 2 is 1.89 bits per heavy atom. The van der Waals surface area contributed by atoms with Crippen LogP contribution in [0.2, 0.25) is 0 Å². The lowest BCUT2D eigenvalue weighted by atomic mass is 10.3. The molecule has 0 unspecified atom stereocenters. The van der Waals surface area contributed by atoms with Gasteiger partial charge in [-0.2, -0.15) is 26.3 Å². The Kier molecular flexibility index (Phi) is 4.32. The number of rotatable bonds is 4. The quantitative estimate of drug-likeness (QED) is 0.685. The molecule has 102 valence electrons. The number of nitrogens with zero attached hydrogens (tertiary/aromatic N) is 1. The number of nitrogens with one attached hydrogen (secondary N) is 1. The number of carbonyl (C=O) groups excluding carboxylic acids is 1. The third kappa shape index (κ3) is 4.61. The number of aromatic nitrogens is 1. The van der Waals surface area contributed by atoms with E-state index in [1.54, 1.807) is 5.32 Å². The maximum Gasteiger partial charge on any atom is 0.443 e. The highest BCUT2D eigenvalue weighted by Gasteiger charge is 2.35. The van der Waals surface area contributed by atoms with Gasteiger partial charge in [0.2, 0.25) is 0 Å². The molecule has 1 rings (SSSR count). The molecular weight excluding hydrogens is 286 g/mol. The summed E-state index contributed by atoms with van der Waals surface area (Å²) in [7, 11) is 0. The van der Waals surface area contributed by atoms with E-state index in [-0.39, 0.29) is 16.2 Å². The number of hydrogen-bond donors (Lipinski definition) is 1. The largest absolute Gasteiger partial charge is 0.443 e. The van der Waals surface area contributed by atoms with E-state index < -0.39 is 36.2 Å². The van der Waals surface area contributed by atoms with Gasteiger partial charge in [-0.1, -0.05) is 0 Å². The van der Waals surface area contributed by atoms with Crippen LogP contribution < -0.4 is 5.32 Å². The number of hydrogen-bond acceptors (Lipinski definition) is 4. The van der Waals surface area contributed by atoms with Crippen LogP contribution in [0.1, 0.15) is 14.7 Å². The van der Waals surface area contributed by atoms with E-state index in [1.807, 2.05) is 0 Å². The number of halogens is 6. The van der Waals surface area contributed by atoms with E-state index in [2.05, 4.69) is 4.98 Å². The molecule has 0 fully saturated rings. The number of carbonyl (C=O) groups is 1. The fourth-order valence-electron chi connectivity index (χ4n) is 0.939. The van der Waals surface area contributed by atoms with E-state index in [0.717, 1.165) is 0 Å². The molecule has 0 spiro atoms. The van der Waals surface area contributed by atoms with Gasteiger partial charge in [-0.15, -0.1) is 11.3 Å². The first-order valence-corrected chi connectivity index (χ1v) is 5.25. The van der Waals surface area contributed by atoms with E-state index in [4.69, 9.17) is 0 Å². The van der Waals surface area contributed by atoms with Gasteiger partial charge in [-0.3, -0.25) is 4.79 Å². The number of alkyl halides is 6. The topological polar surface area (TPSA) is 42.0 Å². The minimum absolute atomic E-state index is 0.0990. The zero-order valence-corrected chi connectivity index (χ0v) is 9.34. The first kappa shape index (κ1) is 14.9. The summed E-state index contributed by atoms with van der Waals surface area (Å²) in [4.78, 5) is 13.9. The molecular formula is C8H6F6N2OS. The SMILES string of the molecule is O=C(CNCC(F)(F)F)c1cnc(C(F)(F)F)s1. The highest BCUT2D eigenvalue weighted by molar-refractivity contribution is 7.13. The van der Waals surface area contributed by atoms with E-state index in [9.17, 15) is 31.1 Å². The minimum atomic E-state index is -4.66. The van der Waals surface area contributed by atoms with Crippen LogP contribution >= 0.6 is 11.3 Å². The number of Topliss-reactive ketones (excluding diaryl/α,β-unsaturated/α-hetero) is 1. The predicted molar refractivity (Wildman–Crippen MR) is 50.4 cm³/mol. The summed E-state index contributed by atoms with van der Waals surface area (Å²) in [5, 5.41) is 0.588. The second kappa shape index (κ2) is 5.22. The van der Waals surface area contributed by atoms with Crippen molar-refractivity contribution in [3.05, 3.63) is 16.1 Å². The number of thiazole rings is 1. The van der Waals surface area contributed by atoms with Gasteiger partial charge in [-0.05, 0) is 0 Å². The van der Waals surface area contributed by atoms with E-state index in [0.29, 0.717) is 6.20 Å². The fraction of sp³-hybridized carbons (Fsp3) is 0.500. The average molecular weight is 292 g/mol. The highest BCUT2D eigenvalue weighted by Crippen LogP contribution is 2.32. The van der Waals surface area contributed by atoms with Gasteiger partial charge in [-0.25, -0.2) is 4.98 Å². The molecule has 1 aromatic rings. The van der Waals surface area contributed by atoms with E-state index >= 15 is 0 Å². The summed E-state index contributed by atoms with van der Waals surface area (Å²) in [6.45, 7) is -2.08. The molecule has 0 saturated heterocycles. The van der Waals surface area contributed by atoms with Crippen LogP contribution in [-0.4, -0.2) is 30.0 Å². The summed E-state index contributed by atoms with van der Waals surface area (Å²) < 4.78 is 71.6. The van der Waals surface area contributed by atoms with E-state index in [1.165, 1.54) is 0 Å². The molecule has 10 heteroatoms. The molecule has 0 bridgehead atoms. The molecule has 18 heavy (non-hydrogen) atoms. The summed E-state index contributed by atoms with van der Waals surface area (Å²) in [6.07, 6.45) is -8.45. The van der Waals surface area contributed by atoms with Crippen LogP contribution in [0.4, 0.5) is 26.3 Å². The Balaban J connectivity index is 2.55. The molecule has 1 N–H and O–H groups in total. The second-order valence-electron chi connectivity index (χ2n) is 3.17. The van der Waals surface area contributed by atoms with Crippen molar-refractivity contribution in [3.63, 3.8) is 0 Å². The number of ketones is 1. The average Bonchev–Trinajstić information content (AvgIpc) is 2.62. The van der Waals surface area contributed by atoms with Crippen LogP contribution in [0, 0.1) is 0 Å². The Labute approximate surface area is 101 Å². The van der Waals surface area contributed by atoms with Crippen molar-refractivity contribution >= 4 is 17.1 Å². The van der Waals surface area contributed by atoms with Crippen LogP contribution in [0.3, 0.4) is 0 Å².